The van der Waals surface area contributed by atoms with E-state index in [1.54, 1.807) is 33.2 Å². The maximum atomic E-state index is 13.0. The highest BCUT2D eigenvalue weighted by Gasteiger charge is 2.38. The summed E-state index contributed by atoms with van der Waals surface area (Å²) in [5, 5.41) is 0. The van der Waals surface area contributed by atoms with Crippen LogP contribution in [0.1, 0.15) is 36.6 Å². The van der Waals surface area contributed by atoms with E-state index in [1.165, 1.54) is 4.57 Å². The summed E-state index contributed by atoms with van der Waals surface area (Å²) in [6.07, 6.45) is 2.63. The molecule has 1 fully saturated rings. The zero-order chi connectivity index (χ0) is 22.8. The van der Waals surface area contributed by atoms with Crippen LogP contribution in [0.4, 0.5) is 4.79 Å². The van der Waals surface area contributed by atoms with Crippen LogP contribution in [0.25, 0.3) is 0 Å². The van der Waals surface area contributed by atoms with Gasteiger partial charge in [-0.1, -0.05) is 6.07 Å². The van der Waals surface area contributed by atoms with E-state index in [9.17, 15) is 9.59 Å². The van der Waals surface area contributed by atoms with Gasteiger partial charge in [-0.3, -0.25) is 14.7 Å². The van der Waals surface area contributed by atoms with Gasteiger partial charge in [0.05, 0.1) is 11.6 Å². The molecule has 0 aliphatic carbocycles. The quantitative estimate of drug-likeness (QED) is 0.666. The van der Waals surface area contributed by atoms with Gasteiger partial charge in [0.2, 0.25) is 0 Å². The molecule has 0 aromatic carbocycles. The average Bonchev–Trinajstić information content (AvgIpc) is 2.67. The molecule has 1 saturated heterocycles. The number of hydrogen-bond donors (Lipinski definition) is 1. The van der Waals surface area contributed by atoms with E-state index in [-0.39, 0.29) is 5.56 Å². The molecule has 0 bridgehead atoms. The fraction of sp³-hybridized carbons (Fsp3) is 0.500. The van der Waals surface area contributed by atoms with Crippen LogP contribution in [0, 0.1) is 0 Å². The molecule has 2 aromatic rings. The third-order valence-corrected chi connectivity index (χ3v) is 6.13. The number of nitrogens with two attached hydrogens (primary N) is 1. The number of halogens is 1. The van der Waals surface area contributed by atoms with Crippen molar-refractivity contribution in [2.75, 3.05) is 33.2 Å². The number of hydrogen-bond acceptors (Lipinski definition) is 6. The lowest BCUT2D eigenvalue weighted by Gasteiger charge is -2.34. The Labute approximate surface area is 191 Å². The Bertz CT molecular complexity index is 982. The summed E-state index contributed by atoms with van der Waals surface area (Å²) in [5.41, 5.74) is 6.28. The maximum Gasteiger partial charge on any atom is 0.405 e. The van der Waals surface area contributed by atoms with Crippen LogP contribution in [0.5, 0.6) is 0 Å². The Hall–Kier alpha value is -2.23. The van der Waals surface area contributed by atoms with Crippen molar-refractivity contribution < 1.29 is 9.53 Å². The molecule has 1 aliphatic rings. The second kappa shape index (κ2) is 9.50. The highest BCUT2D eigenvalue weighted by Crippen LogP contribution is 2.36. The highest BCUT2D eigenvalue weighted by molar-refractivity contribution is 9.10. The molecule has 3 rings (SSSR count). The van der Waals surface area contributed by atoms with E-state index in [0.29, 0.717) is 11.3 Å². The Morgan fingerprint density at radius 2 is 1.94 bits per heavy atom. The topological polar surface area (TPSA) is 93.7 Å². The summed E-state index contributed by atoms with van der Waals surface area (Å²) in [6.45, 7) is 8.45. The number of pyridine rings is 2. The van der Waals surface area contributed by atoms with Gasteiger partial charge in [-0.2, -0.15) is 0 Å². The zero-order valence-electron chi connectivity index (χ0n) is 18.5. The lowest BCUT2D eigenvalue weighted by atomic mass is 9.82. The van der Waals surface area contributed by atoms with Crippen LogP contribution in [-0.2, 0) is 18.3 Å². The molecule has 31 heavy (non-hydrogen) atoms. The molecule has 1 aliphatic heterocycles. The van der Waals surface area contributed by atoms with Crippen LogP contribution >= 0.6 is 15.9 Å². The lowest BCUT2D eigenvalue weighted by Crippen LogP contribution is -2.43. The number of carbonyl (C=O) groups excluding carboxylic acids is 1. The van der Waals surface area contributed by atoms with Gasteiger partial charge in [0.1, 0.15) is 5.60 Å². The first-order valence-electron chi connectivity index (χ1n) is 10.3. The number of aromatic nitrogens is 2. The van der Waals surface area contributed by atoms with Crippen molar-refractivity contribution in [3.63, 3.8) is 0 Å². The van der Waals surface area contributed by atoms with Crippen molar-refractivity contribution in [3.8, 4) is 0 Å². The molecule has 2 aromatic heterocycles. The zero-order valence-corrected chi connectivity index (χ0v) is 20.1. The predicted molar refractivity (Wildman–Crippen MR) is 123 cm³/mol. The maximum absolute atomic E-state index is 13.0. The third-order valence-electron chi connectivity index (χ3n) is 5.69. The monoisotopic (exact) mass is 491 g/mol. The molecule has 8 nitrogen and oxygen atoms in total. The summed E-state index contributed by atoms with van der Waals surface area (Å²) >= 11 is 3.46. The largest absolute Gasteiger partial charge is 0.443 e. The molecule has 9 heteroatoms. The second-order valence-corrected chi connectivity index (χ2v) is 9.57. The molecular formula is C22H30BrN5O3. The molecule has 0 saturated carbocycles. The lowest BCUT2D eigenvalue weighted by molar-refractivity contribution is 0.0319. The standard InChI is InChI=1S/C22H30BrN5O3/c1-22(2,31-21(24)30)19(17-11-16(23)14-27(4)20(17)29)18-6-5-15(12-25-18)13-28-9-7-26(3)8-10-28/h5-6,11-12,14,19H,7-10,13H2,1-4H3,(H2,24,30). The van der Waals surface area contributed by atoms with E-state index in [2.05, 4.69) is 37.8 Å². The number of piperazine rings is 1. The number of likely N-dealkylation sites (N-methyl/N-ethyl adjacent to an activating group) is 1. The number of aryl methyl sites for hydroxylation is 1. The van der Waals surface area contributed by atoms with Gasteiger partial charge in [-0.05, 0) is 54.5 Å². The van der Waals surface area contributed by atoms with Gasteiger partial charge in [0, 0.05) is 62.2 Å². The van der Waals surface area contributed by atoms with E-state index in [0.717, 1.165) is 42.8 Å². The smallest absolute Gasteiger partial charge is 0.405 e. The van der Waals surface area contributed by atoms with Gasteiger partial charge in [0.25, 0.3) is 5.56 Å². The van der Waals surface area contributed by atoms with Crippen LogP contribution < -0.4 is 11.3 Å². The first kappa shape index (κ1) is 23.4. The van der Waals surface area contributed by atoms with Gasteiger partial charge in [-0.15, -0.1) is 0 Å². The summed E-state index contributed by atoms with van der Waals surface area (Å²) < 4.78 is 7.67. The summed E-state index contributed by atoms with van der Waals surface area (Å²) in [6, 6.07) is 5.68. The summed E-state index contributed by atoms with van der Waals surface area (Å²) in [5.74, 6) is -0.589. The van der Waals surface area contributed by atoms with Crippen molar-refractivity contribution >= 4 is 22.0 Å². The number of rotatable bonds is 6. The Morgan fingerprint density at radius 1 is 1.26 bits per heavy atom. The van der Waals surface area contributed by atoms with Crippen LogP contribution in [-0.4, -0.2) is 64.3 Å². The Balaban J connectivity index is 1.94. The fourth-order valence-electron chi connectivity index (χ4n) is 4.07. The first-order chi connectivity index (χ1) is 14.6. The van der Waals surface area contributed by atoms with Gasteiger partial charge < -0.3 is 19.9 Å². The first-order valence-corrected chi connectivity index (χ1v) is 11.1. The fourth-order valence-corrected chi connectivity index (χ4v) is 4.63. The van der Waals surface area contributed by atoms with E-state index < -0.39 is 17.6 Å². The number of ether oxygens (including phenoxy) is 1. The molecule has 1 atom stereocenters. The van der Waals surface area contributed by atoms with Gasteiger partial charge >= 0.3 is 6.09 Å². The molecule has 168 valence electrons. The Kier molecular flexibility index (Phi) is 7.18. The highest BCUT2D eigenvalue weighted by atomic mass is 79.9. The van der Waals surface area contributed by atoms with Gasteiger partial charge in [-0.25, -0.2) is 4.79 Å². The van der Waals surface area contributed by atoms with E-state index in [4.69, 9.17) is 10.5 Å². The molecule has 3 heterocycles. The average molecular weight is 492 g/mol. The van der Waals surface area contributed by atoms with E-state index in [1.807, 2.05) is 18.3 Å². The second-order valence-electron chi connectivity index (χ2n) is 8.66. The minimum atomic E-state index is -1.08. The molecule has 0 radical (unpaired) electrons. The van der Waals surface area contributed by atoms with Crippen LogP contribution in [0.15, 0.2) is 39.9 Å². The summed E-state index contributed by atoms with van der Waals surface area (Å²) in [7, 11) is 3.82. The van der Waals surface area contributed by atoms with Crippen molar-refractivity contribution in [1.82, 2.24) is 19.4 Å². The Morgan fingerprint density at radius 3 is 2.52 bits per heavy atom. The minimum Gasteiger partial charge on any atom is -0.443 e. The SMILES string of the molecule is CN1CCN(Cc2ccc(C(c3cc(Br)cn(C)c3=O)C(C)(C)OC(N)=O)nc2)CC1. The molecule has 1 unspecified atom stereocenters. The third kappa shape index (κ3) is 5.72. The van der Waals surface area contributed by atoms with E-state index >= 15 is 0 Å². The van der Waals surface area contributed by atoms with Crippen molar-refractivity contribution in [2.45, 2.75) is 31.9 Å². The van der Waals surface area contributed by atoms with Crippen molar-refractivity contribution in [2.24, 2.45) is 12.8 Å². The van der Waals surface area contributed by atoms with Crippen molar-refractivity contribution in [3.05, 3.63) is 62.2 Å². The number of amides is 1. The minimum absolute atomic E-state index is 0.183. The predicted octanol–water partition coefficient (Wildman–Crippen LogP) is 2.30. The van der Waals surface area contributed by atoms with Crippen molar-refractivity contribution in [1.29, 1.82) is 0 Å². The van der Waals surface area contributed by atoms with Crippen LogP contribution in [0.3, 0.4) is 0 Å². The normalized spacial score (nSPS) is 16.8. The van der Waals surface area contributed by atoms with Crippen LogP contribution in [0.2, 0.25) is 0 Å². The summed E-state index contributed by atoms with van der Waals surface area (Å²) in [4.78, 5) is 33.9. The molecule has 2 N–H and O–H groups in total. The van der Waals surface area contributed by atoms with Gasteiger partial charge in [0.15, 0.2) is 0 Å². The number of carbonyl (C=O) groups is 1. The molecule has 1 amide bonds. The number of nitrogens with zero attached hydrogens (tertiary/aromatic N) is 4. The molecule has 0 spiro atoms. The number of primary amides is 1. The molecular weight excluding hydrogens is 462 g/mol.